The Morgan fingerprint density at radius 3 is 2.65 bits per heavy atom. The van der Waals surface area contributed by atoms with Crippen LogP contribution in [0.25, 0.3) is 10.9 Å². The van der Waals surface area contributed by atoms with Gasteiger partial charge in [0.1, 0.15) is 0 Å². The van der Waals surface area contributed by atoms with Gasteiger partial charge in [-0.15, -0.1) is 0 Å². The molecule has 5 nitrogen and oxygen atoms in total. The van der Waals surface area contributed by atoms with Crippen LogP contribution in [-0.2, 0) is 9.53 Å². The molecule has 20 heavy (non-hydrogen) atoms. The lowest BCUT2D eigenvalue weighted by atomic mass is 10.1. The molecule has 6 heteroatoms. The van der Waals surface area contributed by atoms with Crippen LogP contribution in [-0.4, -0.2) is 30.5 Å². The summed E-state index contributed by atoms with van der Waals surface area (Å²) in [6.07, 6.45) is 0. The van der Waals surface area contributed by atoms with E-state index in [1.54, 1.807) is 25.1 Å². The summed E-state index contributed by atoms with van der Waals surface area (Å²) in [5, 5.41) is 0.748. The van der Waals surface area contributed by atoms with Gasteiger partial charge >= 0.3 is 5.97 Å². The van der Waals surface area contributed by atoms with Gasteiger partial charge in [0.15, 0.2) is 0 Å². The summed E-state index contributed by atoms with van der Waals surface area (Å²) in [5.41, 5.74) is 0.680. The third-order valence-electron chi connectivity index (χ3n) is 2.69. The summed E-state index contributed by atoms with van der Waals surface area (Å²) < 4.78 is 9.69. The van der Waals surface area contributed by atoms with E-state index in [-0.39, 0.29) is 17.2 Å². The fourth-order valence-corrected chi connectivity index (χ4v) is 2.05. The van der Waals surface area contributed by atoms with Crippen molar-refractivity contribution in [3.63, 3.8) is 0 Å². The molecule has 0 saturated carbocycles. The van der Waals surface area contributed by atoms with Crippen LogP contribution in [0.15, 0.2) is 24.3 Å². The van der Waals surface area contributed by atoms with Crippen molar-refractivity contribution in [2.75, 3.05) is 13.7 Å². The number of carbonyl (C=O) groups excluding carboxylic acids is 2. The Balaban J connectivity index is 2.49. The molecule has 0 unspecified atom stereocenters. The number of fused-ring (bicyclic) bond motifs is 1. The number of methoxy groups -OCH3 is 1. The van der Waals surface area contributed by atoms with Gasteiger partial charge in [-0.05, 0) is 25.1 Å². The molecule has 2 aromatic rings. The molecule has 0 bridgehead atoms. The number of hydrogen-bond donors (Lipinski definition) is 0. The summed E-state index contributed by atoms with van der Waals surface area (Å²) in [5.74, 6) is -1.25. The Kier molecular flexibility index (Phi) is 4.20. The Bertz CT molecular complexity index is 684. The van der Waals surface area contributed by atoms with Crippen molar-refractivity contribution >= 4 is 34.3 Å². The van der Waals surface area contributed by atoms with Crippen LogP contribution < -0.4 is 4.74 Å². The summed E-state index contributed by atoms with van der Waals surface area (Å²) >= 11 is 6.17. The molecule has 1 aromatic carbocycles. The van der Waals surface area contributed by atoms with E-state index in [1.165, 1.54) is 13.2 Å². The highest BCUT2D eigenvalue weighted by atomic mass is 35.5. The highest BCUT2D eigenvalue weighted by Gasteiger charge is 2.21. The monoisotopic (exact) mass is 293 g/mol. The molecule has 0 saturated heterocycles. The number of benzene rings is 1. The van der Waals surface area contributed by atoms with E-state index in [4.69, 9.17) is 16.3 Å². The van der Waals surface area contributed by atoms with E-state index >= 15 is 0 Å². The molecule has 0 aliphatic rings. The molecule has 1 aromatic heterocycles. The Hall–Kier alpha value is -2.14. The average Bonchev–Trinajstić information content (AvgIpc) is 2.46. The van der Waals surface area contributed by atoms with Crippen molar-refractivity contribution in [1.29, 1.82) is 0 Å². The minimum Gasteiger partial charge on any atom is -0.481 e. The largest absolute Gasteiger partial charge is 0.481 e. The van der Waals surface area contributed by atoms with Gasteiger partial charge in [-0.25, -0.2) is 9.78 Å². The number of hydrogen-bond acceptors (Lipinski definition) is 5. The number of nitrogens with zero attached hydrogens (tertiary/aromatic N) is 1. The maximum Gasteiger partial charge on any atom is 0.379 e. The van der Waals surface area contributed by atoms with E-state index in [0.29, 0.717) is 16.8 Å². The predicted molar refractivity (Wildman–Crippen MR) is 74.3 cm³/mol. The standard InChI is InChI=1S/C14H12ClNO4/c1-3-20-14(18)13(17)9-4-6-10-8(12(9)15)5-7-11(16-10)19-2/h4-7H,3H2,1-2H3. The zero-order valence-corrected chi connectivity index (χ0v) is 11.7. The molecule has 1 heterocycles. The number of ketones is 1. The van der Waals surface area contributed by atoms with Crippen LogP contribution in [0.5, 0.6) is 5.88 Å². The van der Waals surface area contributed by atoms with Crippen LogP contribution in [0.1, 0.15) is 17.3 Å². The van der Waals surface area contributed by atoms with E-state index < -0.39 is 11.8 Å². The third-order valence-corrected chi connectivity index (χ3v) is 3.10. The summed E-state index contributed by atoms with van der Waals surface area (Å²) in [7, 11) is 1.51. The molecule has 0 amide bonds. The summed E-state index contributed by atoms with van der Waals surface area (Å²) in [6.45, 7) is 1.76. The van der Waals surface area contributed by atoms with Crippen molar-refractivity contribution in [1.82, 2.24) is 4.98 Å². The van der Waals surface area contributed by atoms with Gasteiger partial charge in [0, 0.05) is 17.0 Å². The molecule has 0 radical (unpaired) electrons. The van der Waals surface area contributed by atoms with E-state index in [0.717, 1.165) is 0 Å². The highest BCUT2D eigenvalue weighted by molar-refractivity contribution is 6.47. The van der Waals surface area contributed by atoms with E-state index in [9.17, 15) is 9.59 Å². The minimum atomic E-state index is -0.921. The van der Waals surface area contributed by atoms with Gasteiger partial charge in [-0.1, -0.05) is 11.6 Å². The first kappa shape index (κ1) is 14.3. The first-order valence-electron chi connectivity index (χ1n) is 5.93. The molecule has 104 valence electrons. The highest BCUT2D eigenvalue weighted by Crippen LogP contribution is 2.28. The lowest BCUT2D eigenvalue weighted by Gasteiger charge is -2.07. The Labute approximate surface area is 120 Å². The average molecular weight is 294 g/mol. The number of carbonyl (C=O) groups is 2. The second-order valence-electron chi connectivity index (χ2n) is 3.90. The predicted octanol–water partition coefficient (Wildman–Crippen LogP) is 2.64. The number of pyridine rings is 1. The lowest BCUT2D eigenvalue weighted by Crippen LogP contribution is -2.17. The number of ether oxygens (including phenoxy) is 2. The molecule has 0 fully saturated rings. The second kappa shape index (κ2) is 5.88. The minimum absolute atomic E-state index is 0.101. The smallest absolute Gasteiger partial charge is 0.379 e. The summed E-state index contributed by atoms with van der Waals surface area (Å²) in [6, 6.07) is 6.38. The van der Waals surface area contributed by atoms with Crippen LogP contribution in [0.4, 0.5) is 0 Å². The van der Waals surface area contributed by atoms with E-state index in [1.807, 2.05) is 0 Å². The van der Waals surface area contributed by atoms with Gasteiger partial charge < -0.3 is 9.47 Å². The van der Waals surface area contributed by atoms with Crippen LogP contribution in [0.2, 0.25) is 5.02 Å². The number of Topliss-reactive ketones (excluding diaryl/α,β-unsaturated/α-hetero) is 1. The first-order chi connectivity index (χ1) is 9.58. The fourth-order valence-electron chi connectivity index (χ4n) is 1.75. The maximum atomic E-state index is 11.9. The number of esters is 1. The second-order valence-corrected chi connectivity index (χ2v) is 4.27. The number of rotatable bonds is 4. The molecule has 0 N–H and O–H groups in total. The topological polar surface area (TPSA) is 65.5 Å². The van der Waals surface area contributed by atoms with Crippen LogP contribution in [0.3, 0.4) is 0 Å². The van der Waals surface area contributed by atoms with Gasteiger partial charge in [0.05, 0.1) is 24.3 Å². The van der Waals surface area contributed by atoms with Crippen molar-refractivity contribution in [3.05, 3.63) is 34.9 Å². The van der Waals surface area contributed by atoms with E-state index in [2.05, 4.69) is 9.72 Å². The molecule has 0 aliphatic heterocycles. The third kappa shape index (κ3) is 2.58. The Morgan fingerprint density at radius 1 is 1.25 bits per heavy atom. The quantitative estimate of drug-likeness (QED) is 0.492. The SMILES string of the molecule is CCOC(=O)C(=O)c1ccc2nc(OC)ccc2c1Cl. The molecule has 2 rings (SSSR count). The maximum absolute atomic E-state index is 11.9. The fraction of sp³-hybridized carbons (Fsp3) is 0.214. The zero-order chi connectivity index (χ0) is 14.7. The van der Waals surface area contributed by atoms with Gasteiger partial charge in [0.2, 0.25) is 5.88 Å². The van der Waals surface area contributed by atoms with Crippen molar-refractivity contribution in [2.45, 2.75) is 6.92 Å². The molecular weight excluding hydrogens is 282 g/mol. The first-order valence-corrected chi connectivity index (χ1v) is 6.31. The van der Waals surface area contributed by atoms with Crippen molar-refractivity contribution in [2.24, 2.45) is 0 Å². The molecule has 0 spiro atoms. The van der Waals surface area contributed by atoms with Gasteiger partial charge in [-0.3, -0.25) is 4.79 Å². The number of aromatic nitrogens is 1. The Morgan fingerprint density at radius 2 is 2.00 bits per heavy atom. The molecule has 0 aliphatic carbocycles. The van der Waals surface area contributed by atoms with Gasteiger partial charge in [-0.2, -0.15) is 0 Å². The normalized spacial score (nSPS) is 10.3. The van der Waals surface area contributed by atoms with Gasteiger partial charge in [0.25, 0.3) is 5.78 Å². The van der Waals surface area contributed by atoms with Crippen LogP contribution >= 0.6 is 11.6 Å². The number of halogens is 1. The molecule has 0 atom stereocenters. The van der Waals surface area contributed by atoms with Crippen molar-refractivity contribution < 1.29 is 19.1 Å². The van der Waals surface area contributed by atoms with Crippen LogP contribution in [0, 0.1) is 0 Å². The van der Waals surface area contributed by atoms with Crippen molar-refractivity contribution in [3.8, 4) is 5.88 Å². The lowest BCUT2D eigenvalue weighted by molar-refractivity contribution is -0.137. The summed E-state index contributed by atoms with van der Waals surface area (Å²) in [4.78, 5) is 27.6. The molecular formula is C14H12ClNO4. The zero-order valence-electron chi connectivity index (χ0n) is 11.0.